The fourth-order valence-electron chi connectivity index (χ4n) is 4.00. The van der Waals surface area contributed by atoms with Gasteiger partial charge in [0.15, 0.2) is 6.04 Å². The second kappa shape index (κ2) is 10.5. The van der Waals surface area contributed by atoms with Crippen LogP contribution in [0.4, 0.5) is 4.79 Å². The van der Waals surface area contributed by atoms with Gasteiger partial charge in [-0.05, 0) is 29.9 Å². The van der Waals surface area contributed by atoms with Crippen LogP contribution >= 0.6 is 11.3 Å². The van der Waals surface area contributed by atoms with Gasteiger partial charge in [-0.25, -0.2) is 9.59 Å². The molecule has 10 heteroatoms. The Balaban J connectivity index is 1.26. The minimum atomic E-state index is -0.793. The van der Waals surface area contributed by atoms with E-state index in [0.29, 0.717) is 30.8 Å². The summed E-state index contributed by atoms with van der Waals surface area (Å²) in [5.41, 5.74) is 0.862. The van der Waals surface area contributed by atoms with Crippen molar-refractivity contribution < 1.29 is 28.7 Å². The number of nitrogens with one attached hydrogen (secondary N) is 1. The third-order valence-corrected chi connectivity index (χ3v) is 6.63. The second-order valence-corrected chi connectivity index (χ2v) is 8.81. The first-order valence-corrected chi connectivity index (χ1v) is 11.7. The standard InChI is InChI=1S/C23H25N3O6S/c27-20(13-24-21(28)19-7-4-12-33-19)25-10-8-17(9-11-25)26-18(15-32-23(26)30)22(29)31-14-16-5-2-1-3-6-16/h1-7,12,17-18H,8-11,13-15H2,(H,24,28)/t18-/m0/s1. The number of nitrogens with zero attached hydrogens (tertiary/aromatic N) is 2. The van der Waals surface area contributed by atoms with Gasteiger partial charge in [0.2, 0.25) is 5.91 Å². The van der Waals surface area contributed by atoms with E-state index in [9.17, 15) is 19.2 Å². The first-order valence-electron chi connectivity index (χ1n) is 10.8. The number of amides is 3. The molecular formula is C23H25N3O6S. The summed E-state index contributed by atoms with van der Waals surface area (Å²) < 4.78 is 10.5. The van der Waals surface area contributed by atoms with E-state index in [2.05, 4.69) is 5.32 Å². The largest absolute Gasteiger partial charge is 0.459 e. The molecule has 2 aliphatic rings. The molecule has 0 bridgehead atoms. The molecule has 0 saturated carbocycles. The Hall–Kier alpha value is -3.40. The van der Waals surface area contributed by atoms with Crippen molar-refractivity contribution in [3.05, 3.63) is 58.3 Å². The number of carbonyl (C=O) groups excluding carboxylic acids is 4. The Kier molecular flexibility index (Phi) is 7.23. The Morgan fingerprint density at radius 2 is 1.85 bits per heavy atom. The van der Waals surface area contributed by atoms with E-state index in [4.69, 9.17) is 9.47 Å². The Bertz CT molecular complexity index is 989. The highest BCUT2D eigenvalue weighted by Crippen LogP contribution is 2.25. The summed E-state index contributed by atoms with van der Waals surface area (Å²) in [6.45, 7) is 0.853. The lowest BCUT2D eigenvalue weighted by atomic mass is 10.0. The number of esters is 1. The van der Waals surface area contributed by atoms with Crippen molar-refractivity contribution in [2.24, 2.45) is 0 Å². The molecule has 3 heterocycles. The maximum Gasteiger partial charge on any atom is 0.410 e. The molecular weight excluding hydrogens is 446 g/mol. The molecule has 2 aliphatic heterocycles. The van der Waals surface area contributed by atoms with Gasteiger partial charge in [-0.2, -0.15) is 0 Å². The molecule has 1 aromatic carbocycles. The summed E-state index contributed by atoms with van der Waals surface area (Å²) in [6, 6.07) is 11.8. The van der Waals surface area contributed by atoms with Gasteiger partial charge in [0.05, 0.1) is 11.4 Å². The first-order chi connectivity index (χ1) is 16.0. The van der Waals surface area contributed by atoms with Crippen LogP contribution in [0, 0.1) is 0 Å². The minimum absolute atomic E-state index is 0.0413. The fraction of sp³-hybridized carbons (Fsp3) is 0.391. The third-order valence-electron chi connectivity index (χ3n) is 5.76. The van der Waals surface area contributed by atoms with Crippen LogP contribution in [0.15, 0.2) is 47.8 Å². The first kappa shape index (κ1) is 22.8. The number of benzene rings is 1. The zero-order valence-corrected chi connectivity index (χ0v) is 18.8. The minimum Gasteiger partial charge on any atom is -0.459 e. The molecule has 1 N–H and O–H groups in total. The SMILES string of the molecule is O=C(NCC(=O)N1CCC(N2C(=O)OC[C@H]2C(=O)OCc2ccccc2)CC1)c1cccs1. The van der Waals surface area contributed by atoms with Crippen molar-refractivity contribution in [2.45, 2.75) is 31.5 Å². The number of rotatable bonds is 7. The average Bonchev–Trinajstić information content (AvgIpc) is 3.52. The maximum absolute atomic E-state index is 12.6. The molecule has 0 radical (unpaired) electrons. The Morgan fingerprint density at radius 3 is 2.55 bits per heavy atom. The maximum atomic E-state index is 12.6. The summed E-state index contributed by atoms with van der Waals surface area (Å²) in [5.74, 6) is -0.953. The van der Waals surface area contributed by atoms with E-state index in [0.717, 1.165) is 5.56 Å². The number of likely N-dealkylation sites (tertiary alicyclic amines) is 1. The lowest BCUT2D eigenvalue weighted by Crippen LogP contribution is -2.53. The average molecular weight is 472 g/mol. The van der Waals surface area contributed by atoms with Gasteiger partial charge in [-0.3, -0.25) is 14.5 Å². The lowest BCUT2D eigenvalue weighted by Gasteiger charge is -2.37. The van der Waals surface area contributed by atoms with Gasteiger partial charge in [0, 0.05) is 19.1 Å². The van der Waals surface area contributed by atoms with E-state index < -0.39 is 18.1 Å². The van der Waals surface area contributed by atoms with E-state index in [1.165, 1.54) is 16.2 Å². The van der Waals surface area contributed by atoms with E-state index in [1.807, 2.05) is 30.3 Å². The topological polar surface area (TPSA) is 105 Å². The van der Waals surface area contributed by atoms with Crippen LogP contribution in [-0.4, -0.2) is 72.0 Å². The molecule has 0 unspecified atom stereocenters. The highest BCUT2D eigenvalue weighted by Gasteiger charge is 2.44. The molecule has 2 aromatic rings. The monoisotopic (exact) mass is 471 g/mol. The van der Waals surface area contributed by atoms with Gasteiger partial charge < -0.3 is 19.7 Å². The van der Waals surface area contributed by atoms with Gasteiger partial charge in [-0.15, -0.1) is 11.3 Å². The van der Waals surface area contributed by atoms with Gasteiger partial charge >= 0.3 is 12.1 Å². The van der Waals surface area contributed by atoms with Gasteiger partial charge in [-0.1, -0.05) is 36.4 Å². The van der Waals surface area contributed by atoms with Crippen molar-refractivity contribution >= 4 is 35.2 Å². The Labute approximate surface area is 195 Å². The van der Waals surface area contributed by atoms with Crippen LogP contribution in [0.2, 0.25) is 0 Å². The van der Waals surface area contributed by atoms with E-state index in [-0.39, 0.29) is 37.6 Å². The van der Waals surface area contributed by atoms with E-state index in [1.54, 1.807) is 22.4 Å². The summed E-state index contributed by atoms with van der Waals surface area (Å²) >= 11 is 1.31. The fourth-order valence-corrected chi connectivity index (χ4v) is 4.64. The molecule has 0 spiro atoms. The lowest BCUT2D eigenvalue weighted by molar-refractivity contribution is -0.150. The van der Waals surface area contributed by atoms with Crippen LogP contribution in [0.3, 0.4) is 0 Å². The molecule has 1 aromatic heterocycles. The number of carbonyl (C=O) groups is 4. The quantitative estimate of drug-likeness (QED) is 0.620. The number of hydrogen-bond donors (Lipinski definition) is 1. The van der Waals surface area contributed by atoms with Crippen LogP contribution < -0.4 is 5.32 Å². The van der Waals surface area contributed by atoms with Crippen molar-refractivity contribution in [2.75, 3.05) is 26.2 Å². The molecule has 4 rings (SSSR count). The van der Waals surface area contributed by atoms with Crippen molar-refractivity contribution in [3.63, 3.8) is 0 Å². The molecule has 3 amide bonds. The van der Waals surface area contributed by atoms with Crippen LogP contribution in [0.1, 0.15) is 28.1 Å². The molecule has 2 saturated heterocycles. The number of piperidine rings is 1. The van der Waals surface area contributed by atoms with Crippen molar-refractivity contribution in [1.82, 2.24) is 15.1 Å². The predicted octanol–water partition coefficient (Wildman–Crippen LogP) is 2.03. The number of ether oxygens (including phenoxy) is 2. The molecule has 9 nitrogen and oxygen atoms in total. The molecule has 174 valence electrons. The summed E-state index contributed by atoms with van der Waals surface area (Å²) in [7, 11) is 0. The van der Waals surface area contributed by atoms with Gasteiger partial charge in [0.1, 0.15) is 13.2 Å². The number of cyclic esters (lactones) is 1. The summed E-state index contributed by atoms with van der Waals surface area (Å²) in [4.78, 5) is 53.2. The summed E-state index contributed by atoms with van der Waals surface area (Å²) in [5, 5.41) is 4.44. The molecule has 2 fully saturated rings. The van der Waals surface area contributed by atoms with E-state index >= 15 is 0 Å². The second-order valence-electron chi connectivity index (χ2n) is 7.87. The highest BCUT2D eigenvalue weighted by molar-refractivity contribution is 7.12. The zero-order valence-electron chi connectivity index (χ0n) is 18.0. The van der Waals surface area contributed by atoms with Crippen LogP contribution in [0.5, 0.6) is 0 Å². The summed E-state index contributed by atoms with van der Waals surface area (Å²) in [6.07, 6.45) is 0.495. The van der Waals surface area contributed by atoms with Crippen molar-refractivity contribution in [3.8, 4) is 0 Å². The third kappa shape index (κ3) is 5.51. The Morgan fingerprint density at radius 1 is 1.09 bits per heavy atom. The molecule has 1 atom stereocenters. The van der Waals surface area contributed by atoms with Gasteiger partial charge in [0.25, 0.3) is 5.91 Å². The van der Waals surface area contributed by atoms with Crippen molar-refractivity contribution in [1.29, 1.82) is 0 Å². The molecule has 33 heavy (non-hydrogen) atoms. The number of thiophene rings is 1. The number of hydrogen-bond acceptors (Lipinski definition) is 7. The normalized spacial score (nSPS) is 18.7. The predicted molar refractivity (Wildman–Crippen MR) is 119 cm³/mol. The molecule has 0 aliphatic carbocycles. The zero-order chi connectivity index (χ0) is 23.2. The highest BCUT2D eigenvalue weighted by atomic mass is 32.1. The smallest absolute Gasteiger partial charge is 0.410 e. The van der Waals surface area contributed by atoms with Crippen LogP contribution in [-0.2, 0) is 25.7 Å². The van der Waals surface area contributed by atoms with Crippen LogP contribution in [0.25, 0.3) is 0 Å².